The van der Waals surface area contributed by atoms with Gasteiger partial charge in [0, 0.05) is 12.7 Å². The van der Waals surface area contributed by atoms with Crippen LogP contribution in [0.1, 0.15) is 22.3 Å². The van der Waals surface area contributed by atoms with Crippen molar-refractivity contribution in [3.8, 4) is 0 Å². The predicted molar refractivity (Wildman–Crippen MR) is 137 cm³/mol. The fourth-order valence-electron chi connectivity index (χ4n) is 4.02. The van der Waals surface area contributed by atoms with Crippen LogP contribution in [0.5, 0.6) is 0 Å². The Morgan fingerprint density at radius 1 is 1.06 bits per heavy atom. The van der Waals surface area contributed by atoms with Crippen LogP contribution in [-0.4, -0.2) is 40.6 Å². The summed E-state index contributed by atoms with van der Waals surface area (Å²) in [5.74, 6) is 0.414. The first kappa shape index (κ1) is 22.9. The van der Waals surface area contributed by atoms with Gasteiger partial charge < -0.3 is 5.32 Å². The zero-order valence-electron chi connectivity index (χ0n) is 19.9. The van der Waals surface area contributed by atoms with Gasteiger partial charge in [-0.3, -0.25) is 23.2 Å². The van der Waals surface area contributed by atoms with Gasteiger partial charge in [-0.15, -0.1) is 10.2 Å². The molecule has 3 heterocycles. The summed E-state index contributed by atoms with van der Waals surface area (Å²) in [6, 6.07) is 13.8. The van der Waals surface area contributed by atoms with Gasteiger partial charge in [0.1, 0.15) is 5.52 Å². The number of benzene rings is 2. The molecule has 0 fully saturated rings. The van der Waals surface area contributed by atoms with Crippen LogP contribution >= 0.6 is 11.8 Å². The van der Waals surface area contributed by atoms with E-state index in [1.807, 2.05) is 63.2 Å². The molecule has 10 heteroatoms. The first-order chi connectivity index (χ1) is 16.8. The third kappa shape index (κ3) is 4.21. The number of amides is 1. The van der Waals surface area contributed by atoms with E-state index < -0.39 is 0 Å². The van der Waals surface area contributed by atoms with Gasteiger partial charge in [0.25, 0.3) is 5.56 Å². The van der Waals surface area contributed by atoms with Crippen LogP contribution in [0, 0.1) is 20.8 Å². The molecule has 3 aromatic heterocycles. The fraction of sp³-hybridized carbons (Fsp3) is 0.240. The second kappa shape index (κ2) is 9.03. The van der Waals surface area contributed by atoms with Crippen LogP contribution in [0.3, 0.4) is 0 Å². The summed E-state index contributed by atoms with van der Waals surface area (Å²) in [7, 11) is 1.74. The van der Waals surface area contributed by atoms with E-state index in [2.05, 4.69) is 20.6 Å². The molecule has 0 saturated heterocycles. The summed E-state index contributed by atoms with van der Waals surface area (Å²) < 4.78 is 4.96. The quantitative estimate of drug-likeness (QED) is 0.368. The maximum atomic E-state index is 13.4. The number of carbonyl (C=O) groups excluding carboxylic acids is 1. The average Bonchev–Trinajstić information content (AvgIpc) is 3.43. The van der Waals surface area contributed by atoms with Crippen molar-refractivity contribution in [3.05, 3.63) is 81.3 Å². The Kier molecular flexibility index (Phi) is 5.89. The zero-order chi connectivity index (χ0) is 24.7. The van der Waals surface area contributed by atoms with Crippen LogP contribution in [0.15, 0.2) is 58.6 Å². The van der Waals surface area contributed by atoms with E-state index >= 15 is 0 Å². The molecule has 0 bridgehead atoms. The molecule has 1 amide bonds. The summed E-state index contributed by atoms with van der Waals surface area (Å²) in [6.45, 7) is 6.36. The molecule has 178 valence electrons. The Morgan fingerprint density at radius 2 is 1.83 bits per heavy atom. The van der Waals surface area contributed by atoms with Gasteiger partial charge in [-0.25, -0.2) is 0 Å². The summed E-state index contributed by atoms with van der Waals surface area (Å²) in [6.07, 6.45) is 1.63. The van der Waals surface area contributed by atoms with Crippen LogP contribution in [0.25, 0.3) is 16.8 Å². The minimum atomic E-state index is -0.190. The Labute approximate surface area is 205 Å². The van der Waals surface area contributed by atoms with E-state index in [4.69, 9.17) is 0 Å². The summed E-state index contributed by atoms with van der Waals surface area (Å²) in [5.41, 5.74) is 5.94. The van der Waals surface area contributed by atoms with E-state index in [0.717, 1.165) is 27.9 Å². The van der Waals surface area contributed by atoms with E-state index in [1.165, 1.54) is 11.8 Å². The number of carbonyl (C=O) groups is 1. The van der Waals surface area contributed by atoms with Gasteiger partial charge in [0.05, 0.1) is 18.5 Å². The predicted octanol–water partition coefficient (Wildman–Crippen LogP) is 3.48. The highest BCUT2D eigenvalue weighted by Crippen LogP contribution is 2.23. The van der Waals surface area contributed by atoms with Gasteiger partial charge in [-0.1, -0.05) is 53.7 Å². The monoisotopic (exact) mass is 487 g/mol. The SMILES string of the molecule is Cc1ccc(Cn2c(=O)c3c(cnn3C)n3c(SCC(=O)Nc4cccc(C)c4C)nnc23)cc1. The first-order valence-corrected chi connectivity index (χ1v) is 12.2. The lowest BCUT2D eigenvalue weighted by Gasteiger charge is -2.11. The highest BCUT2D eigenvalue weighted by atomic mass is 32.2. The number of nitrogens with one attached hydrogen (secondary N) is 1. The number of thioether (sulfide) groups is 1. The third-order valence-corrected chi connectivity index (χ3v) is 7.07. The standard InChI is InChI=1S/C25H25N7O2S/c1-15-8-10-18(11-9-15)13-31-23(34)22-20(12-26-30(22)4)32-24(31)28-29-25(32)35-14-21(33)27-19-7-5-6-16(2)17(19)3/h5-12H,13-14H2,1-4H3,(H,27,33). The van der Waals surface area contributed by atoms with E-state index in [1.54, 1.807) is 26.9 Å². The number of anilines is 1. The number of nitrogens with zero attached hydrogens (tertiary/aromatic N) is 6. The zero-order valence-corrected chi connectivity index (χ0v) is 20.8. The third-order valence-electron chi connectivity index (χ3n) is 6.14. The van der Waals surface area contributed by atoms with Crippen molar-refractivity contribution < 1.29 is 4.79 Å². The van der Waals surface area contributed by atoms with Gasteiger partial charge >= 0.3 is 0 Å². The molecule has 1 N–H and O–H groups in total. The highest BCUT2D eigenvalue weighted by Gasteiger charge is 2.20. The normalized spacial score (nSPS) is 11.4. The molecular formula is C25H25N7O2S. The Morgan fingerprint density at radius 3 is 2.60 bits per heavy atom. The minimum Gasteiger partial charge on any atom is -0.325 e. The lowest BCUT2D eigenvalue weighted by Crippen LogP contribution is -2.25. The molecule has 0 atom stereocenters. The molecule has 0 radical (unpaired) electrons. The van der Waals surface area contributed by atoms with Crippen molar-refractivity contribution >= 4 is 40.2 Å². The Hall–Kier alpha value is -3.92. The van der Waals surface area contributed by atoms with Gasteiger partial charge in [-0.05, 0) is 43.5 Å². The highest BCUT2D eigenvalue weighted by molar-refractivity contribution is 7.99. The van der Waals surface area contributed by atoms with Crippen molar-refractivity contribution in [2.24, 2.45) is 7.05 Å². The number of aromatic nitrogens is 6. The van der Waals surface area contributed by atoms with Crippen molar-refractivity contribution in [2.45, 2.75) is 32.5 Å². The molecular weight excluding hydrogens is 462 g/mol. The van der Waals surface area contributed by atoms with Crippen molar-refractivity contribution in [1.29, 1.82) is 0 Å². The lowest BCUT2D eigenvalue weighted by molar-refractivity contribution is -0.113. The molecule has 5 aromatic rings. The maximum Gasteiger partial charge on any atom is 0.281 e. The van der Waals surface area contributed by atoms with Crippen molar-refractivity contribution in [3.63, 3.8) is 0 Å². The topological polar surface area (TPSA) is 99.1 Å². The van der Waals surface area contributed by atoms with Crippen LogP contribution in [0.2, 0.25) is 0 Å². The molecule has 0 saturated carbocycles. The number of hydrogen-bond acceptors (Lipinski definition) is 6. The van der Waals surface area contributed by atoms with Crippen LogP contribution in [0.4, 0.5) is 5.69 Å². The lowest BCUT2D eigenvalue weighted by atomic mass is 10.1. The Balaban J connectivity index is 1.49. The van der Waals surface area contributed by atoms with Gasteiger partial charge in [0.2, 0.25) is 11.7 Å². The van der Waals surface area contributed by atoms with Crippen molar-refractivity contribution in [1.82, 2.24) is 28.9 Å². The summed E-state index contributed by atoms with van der Waals surface area (Å²) in [5, 5.41) is 16.4. The molecule has 9 nitrogen and oxygen atoms in total. The minimum absolute atomic E-state index is 0.143. The molecule has 0 aliphatic rings. The molecule has 0 unspecified atom stereocenters. The number of rotatable bonds is 6. The summed E-state index contributed by atoms with van der Waals surface area (Å²) in [4.78, 5) is 26.1. The Bertz CT molecular complexity index is 1630. The van der Waals surface area contributed by atoms with Crippen molar-refractivity contribution in [2.75, 3.05) is 11.1 Å². The molecule has 0 aliphatic heterocycles. The van der Waals surface area contributed by atoms with E-state index in [9.17, 15) is 9.59 Å². The molecule has 35 heavy (non-hydrogen) atoms. The van der Waals surface area contributed by atoms with Gasteiger partial charge in [0.15, 0.2) is 10.7 Å². The molecule has 2 aromatic carbocycles. The number of hydrogen-bond donors (Lipinski definition) is 1. The number of fused-ring (bicyclic) bond motifs is 3. The second-order valence-electron chi connectivity index (χ2n) is 8.58. The average molecular weight is 488 g/mol. The second-order valence-corrected chi connectivity index (χ2v) is 9.52. The first-order valence-electron chi connectivity index (χ1n) is 11.2. The van der Waals surface area contributed by atoms with Gasteiger partial charge in [-0.2, -0.15) is 5.10 Å². The molecule has 0 spiro atoms. The van der Waals surface area contributed by atoms with E-state index in [0.29, 0.717) is 28.5 Å². The smallest absolute Gasteiger partial charge is 0.281 e. The summed E-state index contributed by atoms with van der Waals surface area (Å²) >= 11 is 1.27. The fourth-order valence-corrected chi connectivity index (χ4v) is 4.76. The molecule has 0 aliphatic carbocycles. The van der Waals surface area contributed by atoms with Crippen LogP contribution in [-0.2, 0) is 18.4 Å². The number of aryl methyl sites for hydroxylation is 3. The molecule has 5 rings (SSSR count). The van der Waals surface area contributed by atoms with Crippen LogP contribution < -0.4 is 10.9 Å². The van der Waals surface area contributed by atoms with E-state index in [-0.39, 0.29) is 17.2 Å². The maximum absolute atomic E-state index is 13.4. The largest absolute Gasteiger partial charge is 0.325 e.